The summed E-state index contributed by atoms with van der Waals surface area (Å²) in [4.78, 5) is 21.0. The van der Waals surface area contributed by atoms with Crippen LogP contribution < -0.4 is 10.1 Å². The van der Waals surface area contributed by atoms with Crippen molar-refractivity contribution in [1.29, 1.82) is 0 Å². The summed E-state index contributed by atoms with van der Waals surface area (Å²) in [5, 5.41) is 2.80. The van der Waals surface area contributed by atoms with E-state index in [0.717, 1.165) is 5.56 Å². The Bertz CT molecular complexity index is 1220. The average Bonchev–Trinajstić information content (AvgIpc) is 3.15. The summed E-state index contributed by atoms with van der Waals surface area (Å²) < 4.78 is 42.6. The van der Waals surface area contributed by atoms with Crippen molar-refractivity contribution in [1.82, 2.24) is 14.4 Å². The predicted octanol–water partition coefficient (Wildman–Crippen LogP) is 4.86. The van der Waals surface area contributed by atoms with Gasteiger partial charge in [-0.15, -0.1) is 13.2 Å². The molecule has 152 valence electrons. The van der Waals surface area contributed by atoms with Gasteiger partial charge in [0.2, 0.25) is 5.78 Å². The largest absolute Gasteiger partial charge is 0.573 e. The van der Waals surface area contributed by atoms with Gasteiger partial charge in [-0.05, 0) is 41.8 Å². The van der Waals surface area contributed by atoms with E-state index < -0.39 is 6.36 Å². The van der Waals surface area contributed by atoms with Crippen molar-refractivity contribution >= 4 is 17.4 Å². The number of halogens is 3. The highest BCUT2D eigenvalue weighted by atomic mass is 19.4. The van der Waals surface area contributed by atoms with E-state index in [1.165, 1.54) is 30.5 Å². The molecule has 0 radical (unpaired) electrons. The van der Waals surface area contributed by atoms with E-state index >= 15 is 0 Å². The molecule has 0 saturated carbocycles. The Morgan fingerprint density at radius 2 is 1.87 bits per heavy atom. The first-order valence-corrected chi connectivity index (χ1v) is 8.86. The first kappa shape index (κ1) is 19.4. The van der Waals surface area contributed by atoms with Gasteiger partial charge in [-0.25, -0.2) is 9.97 Å². The number of benzene rings is 2. The number of rotatable bonds is 4. The number of ether oxygens (including phenoxy) is 1. The Hall–Kier alpha value is -3.88. The highest BCUT2D eigenvalue weighted by molar-refractivity contribution is 6.06. The zero-order chi connectivity index (χ0) is 21.3. The van der Waals surface area contributed by atoms with Crippen molar-refractivity contribution in [2.45, 2.75) is 13.3 Å². The summed E-state index contributed by atoms with van der Waals surface area (Å²) in [6, 6.07) is 10.7. The predicted molar refractivity (Wildman–Crippen MR) is 104 cm³/mol. The van der Waals surface area contributed by atoms with Crippen LogP contribution in [0.1, 0.15) is 15.9 Å². The van der Waals surface area contributed by atoms with Crippen molar-refractivity contribution in [2.75, 3.05) is 5.32 Å². The standard InChI is InChI=1S/C21H15F3N4O2/c1-13-17(14-5-7-16(8-6-14)30-21(22,23)24)3-2-4-18(13)19(29)27-15-11-26-20-25-9-10-28(20)12-15/h2-12H,1H3,(H,27,29). The molecule has 4 rings (SSSR count). The average molecular weight is 412 g/mol. The summed E-state index contributed by atoms with van der Waals surface area (Å²) in [7, 11) is 0. The second-order valence-corrected chi connectivity index (χ2v) is 6.48. The zero-order valence-corrected chi connectivity index (χ0v) is 15.6. The first-order valence-electron chi connectivity index (χ1n) is 8.86. The molecule has 0 aliphatic rings. The van der Waals surface area contributed by atoms with Crippen molar-refractivity contribution in [2.24, 2.45) is 0 Å². The lowest BCUT2D eigenvalue weighted by Gasteiger charge is -2.13. The van der Waals surface area contributed by atoms with Crippen LogP contribution in [0.2, 0.25) is 0 Å². The van der Waals surface area contributed by atoms with E-state index in [2.05, 4.69) is 20.0 Å². The normalized spacial score (nSPS) is 11.5. The van der Waals surface area contributed by atoms with Crippen molar-refractivity contribution in [3.8, 4) is 16.9 Å². The quantitative estimate of drug-likeness (QED) is 0.520. The number of aromatic nitrogens is 3. The molecule has 2 aromatic heterocycles. The third kappa shape index (κ3) is 4.09. The second kappa shape index (κ2) is 7.51. The highest BCUT2D eigenvalue weighted by Crippen LogP contribution is 2.29. The Balaban J connectivity index is 1.58. The Labute approximate surface area is 169 Å². The van der Waals surface area contributed by atoms with Crippen LogP contribution in [-0.2, 0) is 0 Å². The molecular weight excluding hydrogens is 397 g/mol. The van der Waals surface area contributed by atoms with Crippen LogP contribution in [0.5, 0.6) is 5.75 Å². The van der Waals surface area contributed by atoms with E-state index in [-0.39, 0.29) is 11.7 Å². The van der Waals surface area contributed by atoms with Crippen LogP contribution in [-0.4, -0.2) is 26.6 Å². The molecule has 30 heavy (non-hydrogen) atoms. The number of hydrogen-bond acceptors (Lipinski definition) is 4. The van der Waals surface area contributed by atoms with Crippen LogP contribution >= 0.6 is 0 Å². The number of imidazole rings is 1. The molecule has 0 bridgehead atoms. The van der Waals surface area contributed by atoms with Gasteiger partial charge in [0, 0.05) is 24.2 Å². The van der Waals surface area contributed by atoms with Gasteiger partial charge in [0.25, 0.3) is 5.91 Å². The van der Waals surface area contributed by atoms with Crippen LogP contribution in [0.15, 0.2) is 67.3 Å². The fraction of sp³-hybridized carbons (Fsp3) is 0.0952. The smallest absolute Gasteiger partial charge is 0.406 e. The molecule has 9 heteroatoms. The lowest BCUT2D eigenvalue weighted by Crippen LogP contribution is -2.17. The highest BCUT2D eigenvalue weighted by Gasteiger charge is 2.31. The molecule has 1 amide bonds. The molecule has 0 unspecified atom stereocenters. The molecular formula is C21H15F3N4O2. The summed E-state index contributed by atoms with van der Waals surface area (Å²) in [5.41, 5.74) is 3.02. The summed E-state index contributed by atoms with van der Waals surface area (Å²) >= 11 is 0. The minimum atomic E-state index is -4.75. The Kier molecular flexibility index (Phi) is 4.86. The van der Waals surface area contributed by atoms with Crippen LogP contribution in [0.3, 0.4) is 0 Å². The number of hydrogen-bond donors (Lipinski definition) is 1. The number of amides is 1. The number of nitrogens with zero attached hydrogens (tertiary/aromatic N) is 3. The first-order chi connectivity index (χ1) is 14.3. The third-order valence-electron chi connectivity index (χ3n) is 4.48. The van der Waals surface area contributed by atoms with Gasteiger partial charge in [0.05, 0.1) is 11.9 Å². The fourth-order valence-electron chi connectivity index (χ4n) is 3.11. The van der Waals surface area contributed by atoms with E-state index in [0.29, 0.717) is 28.2 Å². The monoisotopic (exact) mass is 412 g/mol. The lowest BCUT2D eigenvalue weighted by molar-refractivity contribution is -0.274. The molecule has 0 aliphatic carbocycles. The van der Waals surface area contributed by atoms with Crippen LogP contribution in [0, 0.1) is 6.92 Å². The molecule has 4 aromatic rings. The van der Waals surface area contributed by atoms with Gasteiger partial charge in [-0.1, -0.05) is 24.3 Å². The molecule has 0 aliphatic heterocycles. The van der Waals surface area contributed by atoms with E-state index in [1.807, 2.05) is 0 Å². The van der Waals surface area contributed by atoms with Gasteiger partial charge < -0.3 is 10.1 Å². The zero-order valence-electron chi connectivity index (χ0n) is 15.6. The molecule has 0 fully saturated rings. The maximum absolute atomic E-state index is 12.8. The van der Waals surface area contributed by atoms with E-state index in [1.54, 1.807) is 48.1 Å². The number of carbonyl (C=O) groups is 1. The van der Waals surface area contributed by atoms with Gasteiger partial charge in [0.1, 0.15) is 5.75 Å². The molecule has 6 nitrogen and oxygen atoms in total. The fourth-order valence-corrected chi connectivity index (χ4v) is 3.11. The molecule has 2 aromatic carbocycles. The van der Waals surface area contributed by atoms with Gasteiger partial charge in [-0.2, -0.15) is 0 Å². The van der Waals surface area contributed by atoms with Gasteiger partial charge in [0.15, 0.2) is 0 Å². The Morgan fingerprint density at radius 3 is 2.60 bits per heavy atom. The van der Waals surface area contributed by atoms with Gasteiger partial charge >= 0.3 is 6.36 Å². The number of fused-ring (bicyclic) bond motifs is 1. The van der Waals surface area contributed by atoms with Crippen molar-refractivity contribution in [3.63, 3.8) is 0 Å². The number of anilines is 1. The minimum Gasteiger partial charge on any atom is -0.406 e. The third-order valence-corrected chi connectivity index (χ3v) is 4.48. The van der Waals surface area contributed by atoms with Crippen LogP contribution in [0.4, 0.5) is 18.9 Å². The lowest BCUT2D eigenvalue weighted by atomic mass is 9.96. The minimum absolute atomic E-state index is 0.305. The topological polar surface area (TPSA) is 68.5 Å². The molecule has 0 atom stereocenters. The van der Waals surface area contributed by atoms with E-state index in [4.69, 9.17) is 0 Å². The molecule has 0 saturated heterocycles. The maximum Gasteiger partial charge on any atom is 0.573 e. The van der Waals surface area contributed by atoms with Gasteiger partial charge in [-0.3, -0.25) is 9.20 Å². The maximum atomic E-state index is 12.8. The summed E-state index contributed by atoms with van der Waals surface area (Å²) in [6.45, 7) is 1.78. The molecule has 0 spiro atoms. The van der Waals surface area contributed by atoms with Crippen LogP contribution in [0.25, 0.3) is 16.9 Å². The molecule has 2 heterocycles. The number of alkyl halides is 3. The van der Waals surface area contributed by atoms with Crippen molar-refractivity contribution < 1.29 is 22.7 Å². The summed E-state index contributed by atoms with van der Waals surface area (Å²) in [6.07, 6.45) is 1.79. The summed E-state index contributed by atoms with van der Waals surface area (Å²) in [5.74, 6) is -0.114. The number of nitrogens with one attached hydrogen (secondary N) is 1. The SMILES string of the molecule is Cc1c(C(=O)Nc2cnc3nccn3c2)cccc1-c1ccc(OC(F)(F)F)cc1. The van der Waals surface area contributed by atoms with E-state index in [9.17, 15) is 18.0 Å². The second-order valence-electron chi connectivity index (χ2n) is 6.48. The Morgan fingerprint density at radius 1 is 1.10 bits per heavy atom. The van der Waals surface area contributed by atoms with Crippen molar-refractivity contribution in [3.05, 3.63) is 78.4 Å². The number of carbonyl (C=O) groups excluding carboxylic acids is 1. The molecule has 1 N–H and O–H groups in total.